The predicted molar refractivity (Wildman–Crippen MR) is 62.3 cm³/mol. The average molecular weight is 219 g/mol. The molecule has 1 fully saturated rings. The normalized spacial score (nSPS) is 19.1. The second kappa shape index (κ2) is 3.91. The fourth-order valence-electron chi connectivity index (χ4n) is 2.33. The van der Waals surface area contributed by atoms with Gasteiger partial charge in [0.05, 0.1) is 0 Å². The van der Waals surface area contributed by atoms with E-state index in [0.717, 1.165) is 24.0 Å². The van der Waals surface area contributed by atoms with Gasteiger partial charge in [-0.2, -0.15) is 0 Å². The van der Waals surface area contributed by atoms with Crippen molar-refractivity contribution in [2.24, 2.45) is 11.7 Å². The third-order valence-electron chi connectivity index (χ3n) is 3.54. The van der Waals surface area contributed by atoms with Gasteiger partial charge in [-0.1, -0.05) is 29.8 Å². The van der Waals surface area contributed by atoms with Gasteiger partial charge in [0.1, 0.15) is 5.41 Å². The minimum absolute atomic E-state index is 0.177. The molecule has 1 unspecified atom stereocenters. The van der Waals surface area contributed by atoms with Crippen LogP contribution in [0.4, 0.5) is 0 Å². The lowest BCUT2D eigenvalue weighted by Gasteiger charge is -2.28. The van der Waals surface area contributed by atoms with E-state index in [0.29, 0.717) is 0 Å². The number of carbonyl (C=O) groups is 1. The van der Waals surface area contributed by atoms with E-state index in [1.165, 1.54) is 0 Å². The zero-order valence-electron chi connectivity index (χ0n) is 9.44. The summed E-state index contributed by atoms with van der Waals surface area (Å²) >= 11 is 0. The second-order valence-electron chi connectivity index (χ2n) is 4.62. The lowest BCUT2D eigenvalue weighted by atomic mass is 9.76. The van der Waals surface area contributed by atoms with Gasteiger partial charge < -0.3 is 10.8 Å². The molecule has 1 saturated carbocycles. The Morgan fingerprint density at radius 1 is 1.44 bits per heavy atom. The molecule has 0 aliphatic heterocycles. The Kier molecular flexibility index (Phi) is 2.72. The molecule has 1 aromatic carbocycles. The first-order valence-electron chi connectivity index (χ1n) is 5.62. The SMILES string of the molecule is Cc1ccc(C(CN)(C(=O)O)C2CC2)cc1. The van der Waals surface area contributed by atoms with E-state index in [4.69, 9.17) is 5.73 Å². The Balaban J connectivity index is 2.45. The molecule has 0 aromatic heterocycles. The number of hydrogen-bond donors (Lipinski definition) is 2. The Hall–Kier alpha value is -1.35. The molecule has 1 aliphatic rings. The molecule has 1 atom stereocenters. The summed E-state index contributed by atoms with van der Waals surface area (Å²) in [5.74, 6) is -0.584. The van der Waals surface area contributed by atoms with Gasteiger partial charge in [-0.3, -0.25) is 4.79 Å². The first-order chi connectivity index (χ1) is 7.61. The van der Waals surface area contributed by atoms with Crippen molar-refractivity contribution in [1.82, 2.24) is 0 Å². The molecule has 2 rings (SSSR count). The molecule has 86 valence electrons. The number of hydrogen-bond acceptors (Lipinski definition) is 2. The van der Waals surface area contributed by atoms with Crippen molar-refractivity contribution in [1.29, 1.82) is 0 Å². The van der Waals surface area contributed by atoms with Gasteiger partial charge in [0.15, 0.2) is 0 Å². The largest absolute Gasteiger partial charge is 0.481 e. The van der Waals surface area contributed by atoms with E-state index in [1.54, 1.807) is 0 Å². The van der Waals surface area contributed by atoms with Crippen LogP contribution in [0.2, 0.25) is 0 Å². The fraction of sp³-hybridized carbons (Fsp3) is 0.462. The number of carboxylic acid groups (broad SMARTS) is 1. The number of nitrogens with two attached hydrogens (primary N) is 1. The van der Waals surface area contributed by atoms with Gasteiger partial charge >= 0.3 is 5.97 Å². The van der Waals surface area contributed by atoms with Crippen LogP contribution < -0.4 is 5.73 Å². The van der Waals surface area contributed by atoms with Crippen LogP contribution in [0.1, 0.15) is 24.0 Å². The molecule has 16 heavy (non-hydrogen) atoms. The summed E-state index contributed by atoms with van der Waals surface area (Å²) in [6, 6.07) is 7.69. The molecule has 1 aliphatic carbocycles. The van der Waals surface area contributed by atoms with Gasteiger partial charge in [-0.15, -0.1) is 0 Å². The Morgan fingerprint density at radius 2 is 2.00 bits per heavy atom. The van der Waals surface area contributed by atoms with Crippen molar-refractivity contribution in [3.8, 4) is 0 Å². The number of rotatable bonds is 4. The lowest BCUT2D eigenvalue weighted by molar-refractivity contribution is -0.144. The Bertz CT molecular complexity index is 395. The number of carboxylic acids is 1. The summed E-state index contributed by atoms with van der Waals surface area (Å²) in [6.45, 7) is 2.17. The van der Waals surface area contributed by atoms with Crippen molar-refractivity contribution in [2.75, 3.05) is 6.54 Å². The predicted octanol–water partition coefficient (Wildman–Crippen LogP) is 1.69. The van der Waals surface area contributed by atoms with Crippen molar-refractivity contribution in [3.05, 3.63) is 35.4 Å². The standard InChI is InChI=1S/C13H17NO2/c1-9-2-4-10(5-3-9)13(8-14,12(15)16)11-6-7-11/h2-5,11H,6-8,14H2,1H3,(H,15,16). The number of aryl methyl sites for hydroxylation is 1. The van der Waals surface area contributed by atoms with Gasteiger partial charge in [0, 0.05) is 6.54 Å². The molecule has 0 spiro atoms. The number of aliphatic carboxylic acids is 1. The zero-order valence-corrected chi connectivity index (χ0v) is 9.44. The molecule has 0 bridgehead atoms. The first kappa shape index (κ1) is 11.1. The van der Waals surface area contributed by atoms with E-state index in [-0.39, 0.29) is 12.5 Å². The highest BCUT2D eigenvalue weighted by molar-refractivity contribution is 5.82. The quantitative estimate of drug-likeness (QED) is 0.810. The zero-order chi connectivity index (χ0) is 11.8. The molecule has 0 amide bonds. The molecular formula is C13H17NO2. The van der Waals surface area contributed by atoms with Gasteiger partial charge in [-0.25, -0.2) is 0 Å². The summed E-state index contributed by atoms with van der Waals surface area (Å²) in [7, 11) is 0. The minimum atomic E-state index is -0.867. The van der Waals surface area contributed by atoms with Crippen LogP contribution >= 0.6 is 0 Å². The molecule has 3 N–H and O–H groups in total. The highest BCUT2D eigenvalue weighted by atomic mass is 16.4. The molecule has 3 heteroatoms. The summed E-state index contributed by atoms with van der Waals surface area (Å²) < 4.78 is 0. The summed E-state index contributed by atoms with van der Waals surface area (Å²) in [6.07, 6.45) is 1.94. The molecule has 0 saturated heterocycles. The number of benzene rings is 1. The lowest BCUT2D eigenvalue weighted by Crippen LogP contribution is -2.45. The van der Waals surface area contributed by atoms with Gasteiger partial charge in [0.2, 0.25) is 0 Å². The van der Waals surface area contributed by atoms with Gasteiger partial charge in [-0.05, 0) is 31.2 Å². The van der Waals surface area contributed by atoms with Gasteiger partial charge in [0.25, 0.3) is 0 Å². The molecule has 1 aromatic rings. The summed E-state index contributed by atoms with van der Waals surface area (Å²) in [4.78, 5) is 11.5. The smallest absolute Gasteiger partial charge is 0.315 e. The minimum Gasteiger partial charge on any atom is -0.481 e. The topological polar surface area (TPSA) is 63.3 Å². The van der Waals surface area contributed by atoms with Crippen molar-refractivity contribution >= 4 is 5.97 Å². The summed E-state index contributed by atoms with van der Waals surface area (Å²) in [5.41, 5.74) is 6.85. The molecular weight excluding hydrogens is 202 g/mol. The fourth-order valence-corrected chi connectivity index (χ4v) is 2.33. The first-order valence-corrected chi connectivity index (χ1v) is 5.62. The molecule has 0 radical (unpaired) electrons. The Morgan fingerprint density at radius 3 is 2.38 bits per heavy atom. The van der Waals surface area contributed by atoms with Crippen LogP contribution in [-0.2, 0) is 10.2 Å². The maximum absolute atomic E-state index is 11.5. The van der Waals surface area contributed by atoms with E-state index >= 15 is 0 Å². The van der Waals surface area contributed by atoms with E-state index in [1.807, 2.05) is 31.2 Å². The second-order valence-corrected chi connectivity index (χ2v) is 4.62. The Labute approximate surface area is 95.3 Å². The van der Waals surface area contributed by atoms with Crippen LogP contribution in [0.3, 0.4) is 0 Å². The monoisotopic (exact) mass is 219 g/mol. The maximum atomic E-state index is 11.5. The van der Waals surface area contributed by atoms with Crippen LogP contribution in [0.5, 0.6) is 0 Å². The van der Waals surface area contributed by atoms with Crippen molar-refractivity contribution in [3.63, 3.8) is 0 Å². The van der Waals surface area contributed by atoms with Crippen LogP contribution in [0, 0.1) is 12.8 Å². The summed E-state index contributed by atoms with van der Waals surface area (Å²) in [5, 5.41) is 9.48. The van der Waals surface area contributed by atoms with Crippen molar-refractivity contribution in [2.45, 2.75) is 25.2 Å². The third kappa shape index (κ3) is 1.61. The average Bonchev–Trinajstić information content (AvgIpc) is 3.06. The highest BCUT2D eigenvalue weighted by Gasteiger charge is 2.51. The van der Waals surface area contributed by atoms with E-state index < -0.39 is 11.4 Å². The highest BCUT2D eigenvalue weighted by Crippen LogP contribution is 2.47. The van der Waals surface area contributed by atoms with E-state index in [2.05, 4.69) is 0 Å². The molecule has 3 nitrogen and oxygen atoms in total. The van der Waals surface area contributed by atoms with E-state index in [9.17, 15) is 9.90 Å². The van der Waals surface area contributed by atoms with Crippen LogP contribution in [0.15, 0.2) is 24.3 Å². The maximum Gasteiger partial charge on any atom is 0.315 e. The molecule has 0 heterocycles. The van der Waals surface area contributed by atoms with Crippen molar-refractivity contribution < 1.29 is 9.90 Å². The van der Waals surface area contributed by atoms with Crippen LogP contribution in [0.25, 0.3) is 0 Å². The van der Waals surface area contributed by atoms with Crippen LogP contribution in [-0.4, -0.2) is 17.6 Å². The third-order valence-corrected chi connectivity index (χ3v) is 3.54.